The largest absolute Gasteiger partial charge is 0.357 e. The predicted molar refractivity (Wildman–Crippen MR) is 108 cm³/mol. The molecule has 0 fully saturated rings. The summed E-state index contributed by atoms with van der Waals surface area (Å²) in [6.45, 7) is 7.09. The third kappa shape index (κ3) is 4.64. The van der Waals surface area contributed by atoms with E-state index in [1.807, 2.05) is 12.1 Å². The molecule has 0 aliphatic heterocycles. The molecular formula is C22H21ClIOSi+. The fraction of sp³-hybridized carbons (Fsp3) is 0.136. The summed E-state index contributed by atoms with van der Waals surface area (Å²) < 4.78 is 2.75. The molecule has 0 aromatic heterocycles. The second kappa shape index (κ2) is 8.07. The number of carbonyl (C=O) groups is 1. The van der Waals surface area contributed by atoms with Gasteiger partial charge in [0, 0.05) is 22.2 Å². The average Bonchev–Trinajstić information content (AvgIpc) is 2.61. The van der Waals surface area contributed by atoms with Crippen LogP contribution in [0.25, 0.3) is 0 Å². The maximum atomic E-state index is 12.9. The van der Waals surface area contributed by atoms with Crippen molar-refractivity contribution in [3.05, 3.63) is 96.1 Å². The average molecular weight is 492 g/mol. The van der Waals surface area contributed by atoms with Gasteiger partial charge < -0.3 is 0 Å². The molecule has 4 heteroatoms. The zero-order chi connectivity index (χ0) is 18.7. The molecule has 0 spiro atoms. The Hall–Kier alpha value is -1.43. The molecular weight excluding hydrogens is 471 g/mol. The molecule has 3 aromatic rings. The van der Waals surface area contributed by atoms with E-state index in [2.05, 4.69) is 56.0 Å². The minimum atomic E-state index is -1.48. The van der Waals surface area contributed by atoms with E-state index in [-0.39, 0.29) is 27.0 Å². The van der Waals surface area contributed by atoms with Crippen molar-refractivity contribution in [2.75, 3.05) is 0 Å². The van der Waals surface area contributed by atoms with E-state index < -0.39 is 8.07 Å². The van der Waals surface area contributed by atoms with Gasteiger partial charge in [-0.3, -0.25) is 4.79 Å². The lowest BCUT2D eigenvalue weighted by molar-refractivity contribution is -0.596. The highest BCUT2D eigenvalue weighted by atomic mass is 127. The van der Waals surface area contributed by atoms with Crippen molar-refractivity contribution in [1.82, 2.24) is 0 Å². The van der Waals surface area contributed by atoms with Gasteiger partial charge in [0.25, 0.3) is 0 Å². The quantitative estimate of drug-likeness (QED) is 0.304. The van der Waals surface area contributed by atoms with Crippen LogP contribution in [0.5, 0.6) is 0 Å². The molecule has 26 heavy (non-hydrogen) atoms. The number of rotatable bonds is 5. The van der Waals surface area contributed by atoms with Crippen LogP contribution in [0.15, 0.2) is 72.8 Å². The van der Waals surface area contributed by atoms with E-state index in [4.69, 9.17) is 11.6 Å². The minimum absolute atomic E-state index is 0.0575. The van der Waals surface area contributed by atoms with Crippen LogP contribution in [0.3, 0.4) is 0 Å². The molecule has 0 bridgehead atoms. The van der Waals surface area contributed by atoms with E-state index in [9.17, 15) is 4.79 Å². The number of halogens is 2. The summed E-state index contributed by atoms with van der Waals surface area (Å²) in [5.74, 6) is 0.0575. The Balaban J connectivity index is 2.01. The molecule has 3 rings (SSSR count). The zero-order valence-electron chi connectivity index (χ0n) is 15.1. The van der Waals surface area contributed by atoms with E-state index in [0.717, 1.165) is 5.56 Å². The van der Waals surface area contributed by atoms with Gasteiger partial charge in [-0.25, -0.2) is 0 Å². The molecule has 0 aliphatic carbocycles. The number of carbonyl (C=O) groups excluding carboxylic acids is 1. The van der Waals surface area contributed by atoms with Gasteiger partial charge in [-0.2, -0.15) is 0 Å². The lowest BCUT2D eigenvalue weighted by atomic mass is 10.0. The van der Waals surface area contributed by atoms with Crippen LogP contribution in [0.2, 0.25) is 24.7 Å². The second-order valence-corrected chi connectivity index (χ2v) is 15.6. The Morgan fingerprint density at radius 1 is 0.846 bits per heavy atom. The minimum Gasteiger partial charge on any atom is -0.289 e. The van der Waals surface area contributed by atoms with Gasteiger partial charge in [-0.1, -0.05) is 61.6 Å². The monoisotopic (exact) mass is 491 g/mol. The van der Waals surface area contributed by atoms with Crippen molar-refractivity contribution in [1.29, 1.82) is 0 Å². The Bertz CT molecular complexity index is 915. The number of hydrogen-bond acceptors (Lipinski definition) is 1. The topological polar surface area (TPSA) is 17.1 Å². The van der Waals surface area contributed by atoms with Gasteiger partial charge in [0.15, 0.2) is 12.9 Å². The first-order valence-electron chi connectivity index (χ1n) is 8.49. The molecule has 0 heterocycles. The van der Waals surface area contributed by atoms with Gasteiger partial charge in [0.1, 0.15) is 0 Å². The first kappa shape index (κ1) is 19.3. The first-order valence-corrected chi connectivity index (χ1v) is 14.5. The van der Waals surface area contributed by atoms with Gasteiger partial charge in [0.2, 0.25) is 0 Å². The maximum Gasteiger partial charge on any atom is 0.357 e. The van der Waals surface area contributed by atoms with Crippen LogP contribution in [0, 0.1) is 7.14 Å². The van der Waals surface area contributed by atoms with E-state index in [1.54, 1.807) is 24.3 Å². The van der Waals surface area contributed by atoms with Gasteiger partial charge in [-0.05, 0) is 41.6 Å². The number of hydrogen-bond donors (Lipinski definition) is 0. The normalized spacial score (nSPS) is 11.4. The highest BCUT2D eigenvalue weighted by Gasteiger charge is 2.29. The standard InChI is InChI=1S/C22H21ClIOSi/c1-26(2,3)21-14-11-17(22(25)16-9-12-18(23)13-10-16)15-20(21)24-19-7-5-4-6-8-19/h4-15H,1-3H3/q+1. The van der Waals surface area contributed by atoms with Crippen LogP contribution in [0.1, 0.15) is 15.9 Å². The predicted octanol–water partition coefficient (Wildman–Crippen LogP) is 2.24. The zero-order valence-corrected chi connectivity index (χ0v) is 19.0. The Labute approximate surface area is 171 Å². The molecule has 0 aliphatic rings. The first-order chi connectivity index (χ1) is 12.3. The Kier molecular flexibility index (Phi) is 6.00. The molecule has 0 amide bonds. The van der Waals surface area contributed by atoms with Crippen molar-refractivity contribution in [3.63, 3.8) is 0 Å². The fourth-order valence-corrected chi connectivity index (χ4v) is 9.36. The summed E-state index contributed by atoms with van der Waals surface area (Å²) >= 11 is 5.63. The van der Waals surface area contributed by atoms with Crippen LogP contribution in [-0.2, 0) is 0 Å². The molecule has 1 nitrogen and oxygen atoms in total. The summed E-state index contributed by atoms with van der Waals surface area (Å²) in [5, 5.41) is 2.10. The summed E-state index contributed by atoms with van der Waals surface area (Å²) in [6, 6.07) is 24.0. The summed E-state index contributed by atoms with van der Waals surface area (Å²) in [6.07, 6.45) is 0. The summed E-state index contributed by atoms with van der Waals surface area (Å²) in [5.41, 5.74) is 1.44. The Morgan fingerprint density at radius 2 is 1.46 bits per heavy atom. The highest BCUT2D eigenvalue weighted by molar-refractivity contribution is 6.88. The fourth-order valence-electron chi connectivity index (χ4n) is 2.71. The molecule has 0 saturated carbocycles. The molecule has 0 N–H and O–H groups in total. The Morgan fingerprint density at radius 3 is 2.08 bits per heavy atom. The van der Waals surface area contributed by atoms with Crippen molar-refractivity contribution in [3.8, 4) is 0 Å². The van der Waals surface area contributed by atoms with Crippen molar-refractivity contribution >= 4 is 30.6 Å². The van der Waals surface area contributed by atoms with Gasteiger partial charge >= 0.3 is 21.2 Å². The van der Waals surface area contributed by atoms with Crippen LogP contribution in [0.4, 0.5) is 0 Å². The van der Waals surface area contributed by atoms with Crippen LogP contribution < -0.4 is 26.4 Å². The van der Waals surface area contributed by atoms with E-state index in [0.29, 0.717) is 10.6 Å². The lowest BCUT2D eigenvalue weighted by Crippen LogP contribution is -3.62. The highest BCUT2D eigenvalue weighted by Crippen LogP contribution is 2.14. The molecule has 3 aromatic carbocycles. The summed E-state index contributed by atoms with van der Waals surface area (Å²) in [4.78, 5) is 12.9. The van der Waals surface area contributed by atoms with Gasteiger partial charge in [0.05, 0.1) is 8.07 Å². The summed E-state index contributed by atoms with van der Waals surface area (Å²) in [7, 11) is -1.48. The van der Waals surface area contributed by atoms with Crippen molar-refractivity contribution in [2.24, 2.45) is 0 Å². The maximum absolute atomic E-state index is 12.9. The smallest absolute Gasteiger partial charge is 0.289 e. The molecule has 0 saturated heterocycles. The number of ketones is 1. The SMILES string of the molecule is C[Si](C)(C)c1ccc(C(=O)c2ccc(Cl)cc2)cc1[I+]c1ccccc1. The number of benzene rings is 3. The molecule has 132 valence electrons. The second-order valence-electron chi connectivity index (χ2n) is 7.17. The third-order valence-corrected chi connectivity index (χ3v) is 9.72. The molecule has 0 radical (unpaired) electrons. The molecule has 0 unspecified atom stereocenters. The van der Waals surface area contributed by atoms with E-state index in [1.165, 1.54) is 12.3 Å². The van der Waals surface area contributed by atoms with Crippen LogP contribution >= 0.6 is 11.6 Å². The van der Waals surface area contributed by atoms with E-state index >= 15 is 0 Å². The third-order valence-electron chi connectivity index (χ3n) is 4.09. The van der Waals surface area contributed by atoms with Crippen LogP contribution in [-0.4, -0.2) is 13.9 Å². The lowest BCUT2D eigenvalue weighted by Gasteiger charge is -2.16. The van der Waals surface area contributed by atoms with Gasteiger partial charge in [-0.15, -0.1) is 0 Å². The molecule has 0 atom stereocenters. The van der Waals surface area contributed by atoms with Crippen molar-refractivity contribution < 1.29 is 26.0 Å². The van der Waals surface area contributed by atoms with Crippen molar-refractivity contribution in [2.45, 2.75) is 19.6 Å².